The fourth-order valence-electron chi connectivity index (χ4n) is 3.15. The van der Waals surface area contributed by atoms with E-state index in [-0.39, 0.29) is 28.2 Å². The highest BCUT2D eigenvalue weighted by Gasteiger charge is 2.60. The first-order valence-electron chi connectivity index (χ1n) is 7.94. The average molecular weight is 369 g/mol. The minimum Gasteiger partial charge on any atom is -0.354 e. The van der Waals surface area contributed by atoms with E-state index in [1.54, 1.807) is 12.1 Å². The maximum absolute atomic E-state index is 14.5. The third-order valence-electron chi connectivity index (χ3n) is 4.35. The summed E-state index contributed by atoms with van der Waals surface area (Å²) in [6.45, 7) is 0. The van der Waals surface area contributed by atoms with Crippen LogP contribution in [-0.4, -0.2) is 16.1 Å². The number of aromatic nitrogens is 2. The van der Waals surface area contributed by atoms with Gasteiger partial charge in [-0.15, -0.1) is 0 Å². The number of nitrogens with zero attached hydrogens (tertiary/aromatic N) is 2. The summed E-state index contributed by atoms with van der Waals surface area (Å²) in [4.78, 5) is 7.85. The van der Waals surface area contributed by atoms with Crippen molar-refractivity contribution in [3.63, 3.8) is 0 Å². The van der Waals surface area contributed by atoms with Crippen LogP contribution in [0.15, 0.2) is 61.1 Å². The molecule has 0 saturated heterocycles. The van der Waals surface area contributed by atoms with Gasteiger partial charge in [-0.1, -0.05) is 12.0 Å². The first kappa shape index (κ1) is 17.0. The third-order valence-corrected chi connectivity index (χ3v) is 4.35. The Balaban J connectivity index is 2.07. The van der Waals surface area contributed by atoms with E-state index in [0.717, 1.165) is 12.1 Å². The summed E-state index contributed by atoms with van der Waals surface area (Å²) in [6.07, 6.45) is -0.813. The quantitative estimate of drug-likeness (QED) is 0.466. The highest BCUT2D eigenvalue weighted by atomic mass is 19.4. The fraction of sp³-hybridized carbons (Fsp3) is 0.100. The summed E-state index contributed by atoms with van der Waals surface area (Å²) < 4.78 is 57.4. The van der Waals surface area contributed by atoms with Gasteiger partial charge in [0.1, 0.15) is 11.5 Å². The van der Waals surface area contributed by atoms with Crippen molar-refractivity contribution in [3.8, 4) is 11.8 Å². The van der Waals surface area contributed by atoms with Crippen molar-refractivity contribution in [1.82, 2.24) is 9.97 Å². The number of halogens is 4. The summed E-state index contributed by atoms with van der Waals surface area (Å²) in [5.74, 6) is 4.09. The molecule has 7 heteroatoms. The first-order valence-corrected chi connectivity index (χ1v) is 7.94. The Kier molecular flexibility index (Phi) is 3.84. The molecule has 0 saturated carbocycles. The molecule has 134 valence electrons. The molecule has 1 unspecified atom stereocenters. The smallest absolute Gasteiger partial charge is 0.354 e. The van der Waals surface area contributed by atoms with Gasteiger partial charge in [0.05, 0.1) is 11.9 Å². The molecule has 0 fully saturated rings. The van der Waals surface area contributed by atoms with Gasteiger partial charge in [-0.3, -0.25) is 4.98 Å². The van der Waals surface area contributed by atoms with Gasteiger partial charge in [0.15, 0.2) is 5.41 Å². The lowest BCUT2D eigenvalue weighted by Crippen LogP contribution is -2.45. The van der Waals surface area contributed by atoms with Crippen molar-refractivity contribution < 1.29 is 17.6 Å². The zero-order valence-corrected chi connectivity index (χ0v) is 13.7. The van der Waals surface area contributed by atoms with Crippen LogP contribution in [0.3, 0.4) is 0 Å². The normalized spacial score (nSPS) is 17.8. The molecule has 1 N–H and O–H groups in total. The van der Waals surface area contributed by atoms with Crippen LogP contribution in [-0.2, 0) is 5.41 Å². The van der Waals surface area contributed by atoms with E-state index < -0.39 is 17.4 Å². The lowest BCUT2D eigenvalue weighted by Gasteiger charge is -2.38. The Morgan fingerprint density at radius 1 is 0.963 bits per heavy atom. The molecule has 1 aliphatic rings. The molecule has 0 spiro atoms. The second-order valence-corrected chi connectivity index (χ2v) is 5.95. The number of benzene rings is 1. The van der Waals surface area contributed by atoms with Gasteiger partial charge in [0, 0.05) is 29.2 Å². The van der Waals surface area contributed by atoms with E-state index in [1.807, 2.05) is 0 Å². The molecule has 0 amide bonds. The molecular formula is C20H11F4N3. The predicted octanol–water partition coefficient (Wildman–Crippen LogP) is 4.57. The Bertz CT molecular complexity index is 1070. The molecule has 2 aromatic heterocycles. The number of hydrogen-bond acceptors (Lipinski definition) is 3. The largest absolute Gasteiger partial charge is 0.413 e. The number of nitrogens with one attached hydrogen (secondary N) is 1. The van der Waals surface area contributed by atoms with Gasteiger partial charge >= 0.3 is 6.18 Å². The van der Waals surface area contributed by atoms with Crippen LogP contribution >= 0.6 is 0 Å². The number of anilines is 2. The average Bonchev–Trinajstić information content (AvgIpc) is 2.65. The molecular weight excluding hydrogens is 358 g/mol. The van der Waals surface area contributed by atoms with Gasteiger partial charge in [-0.05, 0) is 42.3 Å². The van der Waals surface area contributed by atoms with Crippen molar-refractivity contribution in [2.75, 3.05) is 5.32 Å². The van der Waals surface area contributed by atoms with Crippen molar-refractivity contribution in [3.05, 3.63) is 83.7 Å². The van der Waals surface area contributed by atoms with Gasteiger partial charge in [0.2, 0.25) is 0 Å². The zero-order chi connectivity index (χ0) is 19.1. The SMILES string of the molecule is Fc1ccc2c(c1)C(C#Cc1ccccn1)(C(F)(F)F)c1ccncc1N2. The van der Waals surface area contributed by atoms with E-state index in [1.165, 1.54) is 36.8 Å². The minimum absolute atomic E-state index is 0.129. The van der Waals surface area contributed by atoms with E-state index in [9.17, 15) is 17.6 Å². The summed E-state index contributed by atoms with van der Waals surface area (Å²) in [6, 6.07) is 9.26. The van der Waals surface area contributed by atoms with E-state index in [4.69, 9.17) is 0 Å². The standard InChI is InChI=1S/C20H11F4N3/c21-13-4-5-17-16(11-13)19(20(22,23)24,8-6-14-3-1-2-9-26-14)15-7-10-25-12-18(15)27-17/h1-5,7,9-12,27H. The molecule has 27 heavy (non-hydrogen) atoms. The third kappa shape index (κ3) is 2.70. The maximum Gasteiger partial charge on any atom is 0.413 e. The molecule has 4 rings (SSSR count). The number of fused-ring (bicyclic) bond motifs is 2. The van der Waals surface area contributed by atoms with Crippen LogP contribution in [0.5, 0.6) is 0 Å². The topological polar surface area (TPSA) is 37.8 Å². The minimum atomic E-state index is -4.81. The lowest BCUT2D eigenvalue weighted by atomic mass is 9.71. The van der Waals surface area contributed by atoms with Gasteiger partial charge in [-0.2, -0.15) is 13.2 Å². The Labute approximate surface area is 152 Å². The second-order valence-electron chi connectivity index (χ2n) is 5.95. The van der Waals surface area contributed by atoms with Gasteiger partial charge < -0.3 is 5.32 Å². The number of rotatable bonds is 0. The lowest BCUT2D eigenvalue weighted by molar-refractivity contribution is -0.161. The molecule has 3 nitrogen and oxygen atoms in total. The van der Waals surface area contributed by atoms with E-state index in [0.29, 0.717) is 0 Å². The summed E-state index contributed by atoms with van der Waals surface area (Å²) >= 11 is 0. The maximum atomic E-state index is 14.5. The Morgan fingerprint density at radius 2 is 1.81 bits per heavy atom. The molecule has 3 aromatic rings. The van der Waals surface area contributed by atoms with Crippen molar-refractivity contribution in [2.45, 2.75) is 11.6 Å². The van der Waals surface area contributed by atoms with Crippen LogP contribution in [0, 0.1) is 17.7 Å². The Morgan fingerprint density at radius 3 is 2.56 bits per heavy atom. The zero-order valence-electron chi connectivity index (χ0n) is 13.7. The van der Waals surface area contributed by atoms with Crippen LogP contribution in [0.25, 0.3) is 0 Å². The highest BCUT2D eigenvalue weighted by Crippen LogP contribution is 2.53. The first-order chi connectivity index (χ1) is 12.9. The van der Waals surface area contributed by atoms with E-state index >= 15 is 0 Å². The summed E-state index contributed by atoms with van der Waals surface area (Å²) in [5.41, 5.74) is -2.66. The van der Waals surface area contributed by atoms with Crippen molar-refractivity contribution >= 4 is 11.4 Å². The summed E-state index contributed by atoms with van der Waals surface area (Å²) in [5, 5.41) is 2.88. The summed E-state index contributed by atoms with van der Waals surface area (Å²) in [7, 11) is 0. The fourth-order valence-corrected chi connectivity index (χ4v) is 3.15. The number of hydrogen-bond donors (Lipinski definition) is 1. The molecule has 1 aliphatic heterocycles. The van der Waals surface area contributed by atoms with Crippen molar-refractivity contribution in [1.29, 1.82) is 0 Å². The second kappa shape index (κ2) is 6.09. The molecule has 1 atom stereocenters. The molecule has 3 heterocycles. The van der Waals surface area contributed by atoms with Crippen LogP contribution in [0.1, 0.15) is 16.8 Å². The molecule has 0 bridgehead atoms. The van der Waals surface area contributed by atoms with Gasteiger partial charge in [0.25, 0.3) is 0 Å². The van der Waals surface area contributed by atoms with Crippen LogP contribution in [0.4, 0.5) is 28.9 Å². The molecule has 0 radical (unpaired) electrons. The Hall–Kier alpha value is -3.40. The van der Waals surface area contributed by atoms with Crippen LogP contribution in [0.2, 0.25) is 0 Å². The number of pyridine rings is 2. The van der Waals surface area contributed by atoms with E-state index in [2.05, 4.69) is 27.1 Å². The van der Waals surface area contributed by atoms with Crippen LogP contribution < -0.4 is 5.32 Å². The predicted molar refractivity (Wildman–Crippen MR) is 91.9 cm³/mol. The van der Waals surface area contributed by atoms with Gasteiger partial charge in [-0.25, -0.2) is 9.37 Å². The van der Waals surface area contributed by atoms with Crippen molar-refractivity contribution in [2.24, 2.45) is 0 Å². The monoisotopic (exact) mass is 369 g/mol. The molecule has 0 aliphatic carbocycles. The number of alkyl halides is 3. The highest BCUT2D eigenvalue weighted by molar-refractivity contribution is 5.78. The molecule has 1 aromatic carbocycles.